The average Bonchev–Trinajstić information content (AvgIpc) is 2.95. The van der Waals surface area contributed by atoms with Crippen molar-refractivity contribution in [2.75, 3.05) is 11.6 Å². The van der Waals surface area contributed by atoms with Crippen LogP contribution < -0.4 is 5.32 Å². The van der Waals surface area contributed by atoms with Crippen LogP contribution in [-0.2, 0) is 0 Å². The standard InChI is InChI=1S/C16H17N3S/c1-20-15-8-4-7-14(15)19-16-11(9-17)10-18-13-6-3-2-5-12(13)16/h2-3,5-6,10,14-15H,4,7-8H2,1H3,(H,18,19). The third-order valence-corrected chi connectivity index (χ3v) is 5.15. The van der Waals surface area contributed by atoms with Crippen molar-refractivity contribution in [2.24, 2.45) is 0 Å². The van der Waals surface area contributed by atoms with Crippen LogP contribution in [0.25, 0.3) is 10.9 Å². The van der Waals surface area contributed by atoms with Gasteiger partial charge in [0, 0.05) is 22.9 Å². The van der Waals surface area contributed by atoms with Gasteiger partial charge in [-0.3, -0.25) is 4.98 Å². The summed E-state index contributed by atoms with van der Waals surface area (Å²) in [5.74, 6) is 0. The summed E-state index contributed by atoms with van der Waals surface area (Å²) in [6.45, 7) is 0. The zero-order chi connectivity index (χ0) is 13.9. The van der Waals surface area contributed by atoms with E-state index in [1.807, 2.05) is 36.0 Å². The van der Waals surface area contributed by atoms with Crippen LogP contribution in [0.15, 0.2) is 30.5 Å². The highest BCUT2D eigenvalue weighted by Gasteiger charge is 2.27. The predicted molar refractivity (Wildman–Crippen MR) is 85.0 cm³/mol. The largest absolute Gasteiger partial charge is 0.380 e. The Morgan fingerprint density at radius 3 is 3.00 bits per heavy atom. The lowest BCUT2D eigenvalue weighted by molar-refractivity contribution is 0.769. The van der Waals surface area contributed by atoms with Crippen LogP contribution in [0.3, 0.4) is 0 Å². The monoisotopic (exact) mass is 283 g/mol. The number of hydrogen-bond donors (Lipinski definition) is 1. The first-order valence-corrected chi connectivity index (χ1v) is 8.19. The normalized spacial score (nSPS) is 21.8. The molecule has 0 aliphatic heterocycles. The van der Waals surface area contributed by atoms with Crippen LogP contribution in [-0.4, -0.2) is 22.5 Å². The molecule has 2 atom stereocenters. The third-order valence-electron chi connectivity index (χ3n) is 3.98. The number of hydrogen-bond acceptors (Lipinski definition) is 4. The first kappa shape index (κ1) is 13.3. The van der Waals surface area contributed by atoms with Crippen molar-refractivity contribution in [3.8, 4) is 6.07 Å². The molecule has 2 aromatic rings. The molecule has 0 spiro atoms. The fourth-order valence-electron chi connectivity index (χ4n) is 2.94. The number of rotatable bonds is 3. The van der Waals surface area contributed by atoms with Crippen molar-refractivity contribution < 1.29 is 0 Å². The van der Waals surface area contributed by atoms with E-state index in [-0.39, 0.29) is 0 Å². The van der Waals surface area contributed by atoms with Crippen molar-refractivity contribution in [1.29, 1.82) is 5.26 Å². The molecule has 1 fully saturated rings. The van der Waals surface area contributed by atoms with E-state index in [2.05, 4.69) is 22.6 Å². The molecule has 1 N–H and O–H groups in total. The van der Waals surface area contributed by atoms with E-state index in [1.54, 1.807) is 6.20 Å². The molecule has 2 unspecified atom stereocenters. The molecule has 0 radical (unpaired) electrons. The fraction of sp³-hybridized carbons (Fsp3) is 0.375. The van der Waals surface area contributed by atoms with Gasteiger partial charge in [-0.1, -0.05) is 24.6 Å². The number of benzene rings is 1. The molecule has 4 heteroatoms. The quantitative estimate of drug-likeness (QED) is 0.930. The van der Waals surface area contributed by atoms with Gasteiger partial charge in [0.1, 0.15) is 6.07 Å². The molecule has 1 aromatic heterocycles. The van der Waals surface area contributed by atoms with Gasteiger partial charge < -0.3 is 5.32 Å². The molecule has 102 valence electrons. The molecule has 0 amide bonds. The molecular formula is C16H17N3S. The van der Waals surface area contributed by atoms with Crippen molar-refractivity contribution in [3.63, 3.8) is 0 Å². The molecular weight excluding hydrogens is 266 g/mol. The number of anilines is 1. The summed E-state index contributed by atoms with van der Waals surface area (Å²) in [6, 6.07) is 10.7. The Kier molecular flexibility index (Phi) is 3.79. The Morgan fingerprint density at radius 1 is 1.35 bits per heavy atom. The molecule has 1 aliphatic rings. The zero-order valence-electron chi connectivity index (χ0n) is 11.5. The second-order valence-electron chi connectivity index (χ2n) is 5.13. The van der Waals surface area contributed by atoms with Gasteiger partial charge in [0.25, 0.3) is 0 Å². The van der Waals surface area contributed by atoms with Gasteiger partial charge in [0.2, 0.25) is 0 Å². The number of nitrogens with one attached hydrogen (secondary N) is 1. The van der Waals surface area contributed by atoms with Crippen LogP contribution in [0, 0.1) is 11.3 Å². The maximum Gasteiger partial charge on any atom is 0.103 e. The minimum absolute atomic E-state index is 0.447. The van der Waals surface area contributed by atoms with Gasteiger partial charge in [-0.15, -0.1) is 0 Å². The van der Waals surface area contributed by atoms with E-state index in [4.69, 9.17) is 0 Å². The highest BCUT2D eigenvalue weighted by molar-refractivity contribution is 7.99. The van der Waals surface area contributed by atoms with Gasteiger partial charge >= 0.3 is 0 Å². The van der Waals surface area contributed by atoms with Gasteiger partial charge in [0.15, 0.2) is 0 Å². The minimum atomic E-state index is 0.447. The van der Waals surface area contributed by atoms with Gasteiger partial charge in [-0.05, 0) is 25.2 Å². The summed E-state index contributed by atoms with van der Waals surface area (Å²) in [5.41, 5.74) is 2.52. The smallest absolute Gasteiger partial charge is 0.103 e. The zero-order valence-corrected chi connectivity index (χ0v) is 12.3. The summed E-state index contributed by atoms with van der Waals surface area (Å²) in [5, 5.41) is 14.6. The van der Waals surface area contributed by atoms with E-state index < -0.39 is 0 Å². The Labute approximate surface area is 123 Å². The second kappa shape index (κ2) is 5.72. The van der Waals surface area contributed by atoms with Crippen molar-refractivity contribution >= 4 is 28.4 Å². The lowest BCUT2D eigenvalue weighted by atomic mass is 10.1. The molecule has 0 saturated heterocycles. The van der Waals surface area contributed by atoms with Crippen molar-refractivity contribution in [2.45, 2.75) is 30.6 Å². The first-order chi connectivity index (χ1) is 9.83. The third kappa shape index (κ3) is 2.34. The molecule has 1 heterocycles. The summed E-state index contributed by atoms with van der Waals surface area (Å²) >= 11 is 1.92. The van der Waals surface area contributed by atoms with Crippen molar-refractivity contribution in [1.82, 2.24) is 4.98 Å². The van der Waals surface area contributed by atoms with Gasteiger partial charge in [-0.2, -0.15) is 17.0 Å². The Hall–Kier alpha value is -1.73. The van der Waals surface area contributed by atoms with E-state index in [0.717, 1.165) is 16.6 Å². The summed E-state index contributed by atoms with van der Waals surface area (Å²) < 4.78 is 0. The summed E-state index contributed by atoms with van der Waals surface area (Å²) in [6.07, 6.45) is 7.53. The van der Waals surface area contributed by atoms with Gasteiger partial charge in [0.05, 0.1) is 16.8 Å². The number of nitriles is 1. The maximum atomic E-state index is 9.34. The minimum Gasteiger partial charge on any atom is -0.380 e. The molecule has 1 saturated carbocycles. The lowest BCUT2D eigenvalue weighted by Gasteiger charge is -2.22. The number of nitrogens with zero attached hydrogens (tertiary/aromatic N) is 2. The predicted octanol–water partition coefficient (Wildman–Crippen LogP) is 3.80. The lowest BCUT2D eigenvalue weighted by Crippen LogP contribution is -2.26. The highest BCUT2D eigenvalue weighted by atomic mass is 32.2. The molecule has 1 aromatic carbocycles. The Balaban J connectivity index is 2.03. The SMILES string of the molecule is CSC1CCCC1Nc1c(C#N)cnc2ccccc12. The Bertz CT molecular complexity index is 662. The van der Waals surface area contributed by atoms with E-state index in [9.17, 15) is 5.26 Å². The number of pyridine rings is 1. The summed E-state index contributed by atoms with van der Waals surface area (Å²) in [7, 11) is 0. The number of thioether (sulfide) groups is 1. The maximum absolute atomic E-state index is 9.34. The fourth-order valence-corrected chi connectivity index (χ4v) is 3.88. The molecule has 3 rings (SSSR count). The van der Waals surface area contributed by atoms with E-state index >= 15 is 0 Å². The van der Waals surface area contributed by atoms with Crippen LogP contribution >= 0.6 is 11.8 Å². The molecule has 0 bridgehead atoms. The van der Waals surface area contributed by atoms with Crippen molar-refractivity contribution in [3.05, 3.63) is 36.0 Å². The molecule has 1 aliphatic carbocycles. The molecule has 20 heavy (non-hydrogen) atoms. The van der Waals surface area contributed by atoms with E-state index in [0.29, 0.717) is 16.9 Å². The van der Waals surface area contributed by atoms with E-state index in [1.165, 1.54) is 19.3 Å². The van der Waals surface area contributed by atoms with Crippen LogP contribution in [0.2, 0.25) is 0 Å². The number of aromatic nitrogens is 1. The topological polar surface area (TPSA) is 48.7 Å². The van der Waals surface area contributed by atoms with Gasteiger partial charge in [-0.25, -0.2) is 0 Å². The Morgan fingerprint density at radius 2 is 2.20 bits per heavy atom. The second-order valence-corrected chi connectivity index (χ2v) is 6.21. The molecule has 3 nitrogen and oxygen atoms in total. The van der Waals surface area contributed by atoms with Crippen LogP contribution in [0.1, 0.15) is 24.8 Å². The highest BCUT2D eigenvalue weighted by Crippen LogP contribution is 2.33. The number of para-hydroxylation sites is 1. The first-order valence-electron chi connectivity index (χ1n) is 6.90. The number of fused-ring (bicyclic) bond motifs is 1. The summed E-state index contributed by atoms with van der Waals surface area (Å²) in [4.78, 5) is 4.36. The van der Waals surface area contributed by atoms with Crippen LogP contribution in [0.5, 0.6) is 0 Å². The average molecular weight is 283 g/mol. The van der Waals surface area contributed by atoms with Crippen LogP contribution in [0.4, 0.5) is 5.69 Å².